The Labute approximate surface area is 297 Å². The first-order valence-corrected chi connectivity index (χ1v) is 17.5. The Morgan fingerprint density at radius 1 is 0.314 bits per heavy atom. The average molecular weight is 652 g/mol. The van der Waals surface area contributed by atoms with Gasteiger partial charge in [-0.05, 0) is 83.9 Å². The van der Waals surface area contributed by atoms with Gasteiger partial charge in [0.1, 0.15) is 0 Å². The molecule has 3 heteroatoms. The van der Waals surface area contributed by atoms with Crippen LogP contribution in [0.4, 0.5) is 0 Å². The van der Waals surface area contributed by atoms with E-state index in [1.54, 1.807) is 0 Å². The molecule has 0 atom stereocenters. The monoisotopic (exact) mass is 651 g/mol. The van der Waals surface area contributed by atoms with Gasteiger partial charge in [-0.3, -0.25) is 0 Å². The molecule has 1 aliphatic carbocycles. The summed E-state index contributed by atoms with van der Waals surface area (Å²) in [6, 6.07) is 58.4. The molecule has 0 aliphatic heterocycles. The van der Waals surface area contributed by atoms with Crippen molar-refractivity contribution in [3.8, 4) is 56.4 Å². The molecule has 0 saturated carbocycles. The van der Waals surface area contributed by atoms with E-state index in [4.69, 9.17) is 15.0 Å². The number of aromatic nitrogens is 3. The number of nitrogens with zero attached hydrogens (tertiary/aromatic N) is 3. The molecule has 1 aromatic heterocycles. The van der Waals surface area contributed by atoms with Gasteiger partial charge in [0.25, 0.3) is 0 Å². The first kappa shape index (κ1) is 29.5. The van der Waals surface area contributed by atoms with Crippen LogP contribution < -0.4 is 0 Å². The van der Waals surface area contributed by atoms with Gasteiger partial charge in [-0.1, -0.05) is 159 Å². The third kappa shape index (κ3) is 4.69. The van der Waals surface area contributed by atoms with Crippen LogP contribution >= 0.6 is 0 Å². The lowest BCUT2D eigenvalue weighted by Crippen LogP contribution is -2.14. The molecule has 0 amide bonds. The van der Waals surface area contributed by atoms with Crippen LogP contribution in [-0.4, -0.2) is 15.0 Å². The summed E-state index contributed by atoms with van der Waals surface area (Å²) < 4.78 is 0. The highest BCUT2D eigenvalue weighted by Gasteiger charge is 2.35. The Morgan fingerprint density at radius 2 is 0.784 bits per heavy atom. The van der Waals surface area contributed by atoms with Crippen LogP contribution in [0.2, 0.25) is 0 Å². The van der Waals surface area contributed by atoms with E-state index in [1.165, 1.54) is 54.6 Å². The van der Waals surface area contributed by atoms with E-state index in [0.29, 0.717) is 17.5 Å². The quantitative estimate of drug-likeness (QED) is 0.178. The summed E-state index contributed by atoms with van der Waals surface area (Å²) in [5, 5.41) is 7.38. The maximum absolute atomic E-state index is 5.22. The predicted octanol–water partition coefficient (Wildman–Crippen LogP) is 12.3. The van der Waals surface area contributed by atoms with Gasteiger partial charge in [-0.2, -0.15) is 0 Å². The molecule has 0 saturated heterocycles. The lowest BCUT2D eigenvalue weighted by atomic mass is 9.82. The van der Waals surface area contributed by atoms with Gasteiger partial charge in [0.05, 0.1) is 0 Å². The molecular weight excluding hydrogens is 619 g/mol. The Morgan fingerprint density at radius 3 is 1.47 bits per heavy atom. The van der Waals surface area contributed by atoms with E-state index >= 15 is 0 Å². The van der Waals surface area contributed by atoms with Crippen LogP contribution in [0, 0.1) is 0 Å². The third-order valence-corrected chi connectivity index (χ3v) is 10.7. The van der Waals surface area contributed by atoms with Crippen LogP contribution in [0.3, 0.4) is 0 Å². The third-order valence-electron chi connectivity index (χ3n) is 10.7. The molecule has 0 fully saturated rings. The molecule has 51 heavy (non-hydrogen) atoms. The fraction of sp³-hybridized carbons (Fsp3) is 0.0625. The molecule has 0 radical (unpaired) electrons. The van der Waals surface area contributed by atoms with E-state index in [2.05, 4.69) is 172 Å². The first-order valence-electron chi connectivity index (χ1n) is 17.5. The maximum atomic E-state index is 5.22. The van der Waals surface area contributed by atoms with Crippen LogP contribution in [0.1, 0.15) is 25.0 Å². The van der Waals surface area contributed by atoms with Crippen molar-refractivity contribution in [2.24, 2.45) is 0 Å². The van der Waals surface area contributed by atoms with Crippen molar-refractivity contribution < 1.29 is 0 Å². The zero-order valence-electron chi connectivity index (χ0n) is 28.4. The smallest absolute Gasteiger partial charge is 0.164 e. The maximum Gasteiger partial charge on any atom is 0.164 e. The predicted molar refractivity (Wildman–Crippen MR) is 212 cm³/mol. The molecule has 10 rings (SSSR count). The lowest BCUT2D eigenvalue weighted by molar-refractivity contribution is 0.660. The van der Waals surface area contributed by atoms with Crippen molar-refractivity contribution in [3.05, 3.63) is 175 Å². The standard InChI is InChI=1S/C48H33N3/c1-48(2)43-22-11-10-21-40(43)42-29-34(24-26-44(42)48)47-50-45(32-16-12-15-31(27-32)30-13-4-3-5-14-30)49-46(51-47)33-23-25-39-37-19-7-6-17-35(37)36-18-8-9-20-38(36)41(39)28-33/h3-29H,1-2H3. The van der Waals surface area contributed by atoms with Gasteiger partial charge >= 0.3 is 0 Å². The second kappa shape index (κ2) is 11.3. The molecule has 3 nitrogen and oxygen atoms in total. The zero-order valence-corrected chi connectivity index (χ0v) is 28.4. The highest BCUT2D eigenvalue weighted by atomic mass is 15.0. The lowest BCUT2D eigenvalue weighted by Gasteiger charge is -2.21. The zero-order chi connectivity index (χ0) is 34.1. The molecule has 1 heterocycles. The summed E-state index contributed by atoms with van der Waals surface area (Å²) in [6.45, 7) is 4.62. The van der Waals surface area contributed by atoms with Crippen LogP contribution in [-0.2, 0) is 5.41 Å². The Hall–Kier alpha value is -6.45. The Balaban J connectivity index is 1.20. The van der Waals surface area contributed by atoms with E-state index < -0.39 is 0 Å². The van der Waals surface area contributed by atoms with Crippen molar-refractivity contribution in [2.75, 3.05) is 0 Å². The molecule has 8 aromatic carbocycles. The summed E-state index contributed by atoms with van der Waals surface area (Å²) in [4.78, 5) is 15.6. The van der Waals surface area contributed by atoms with Gasteiger partial charge in [-0.25, -0.2) is 15.0 Å². The van der Waals surface area contributed by atoms with E-state index in [1.807, 2.05) is 6.07 Å². The Bertz CT molecular complexity index is 2800. The van der Waals surface area contributed by atoms with Gasteiger partial charge in [0, 0.05) is 22.1 Å². The fourth-order valence-electron chi connectivity index (χ4n) is 8.14. The van der Waals surface area contributed by atoms with E-state index in [-0.39, 0.29) is 5.41 Å². The molecule has 1 aliphatic rings. The molecular formula is C48H33N3. The Kier molecular flexibility index (Phi) is 6.53. The molecule has 0 unspecified atom stereocenters. The van der Waals surface area contributed by atoms with Crippen LogP contribution in [0.5, 0.6) is 0 Å². The molecule has 9 aromatic rings. The van der Waals surface area contributed by atoms with Crippen LogP contribution in [0.25, 0.3) is 88.7 Å². The minimum atomic E-state index is -0.0736. The number of hydrogen-bond donors (Lipinski definition) is 0. The van der Waals surface area contributed by atoms with E-state index in [0.717, 1.165) is 27.8 Å². The van der Waals surface area contributed by atoms with Crippen molar-refractivity contribution in [1.82, 2.24) is 15.0 Å². The average Bonchev–Trinajstić information content (AvgIpc) is 3.43. The molecule has 240 valence electrons. The van der Waals surface area contributed by atoms with Gasteiger partial charge in [0.2, 0.25) is 0 Å². The number of benzene rings is 8. The minimum Gasteiger partial charge on any atom is -0.208 e. The summed E-state index contributed by atoms with van der Waals surface area (Å²) in [7, 11) is 0. The van der Waals surface area contributed by atoms with Crippen molar-refractivity contribution in [2.45, 2.75) is 19.3 Å². The molecule has 0 bridgehead atoms. The normalized spacial score (nSPS) is 13.1. The van der Waals surface area contributed by atoms with Crippen molar-refractivity contribution in [1.29, 1.82) is 0 Å². The molecule has 0 spiro atoms. The summed E-state index contributed by atoms with van der Waals surface area (Å²) in [5.74, 6) is 1.96. The van der Waals surface area contributed by atoms with Crippen molar-refractivity contribution >= 4 is 32.3 Å². The second-order valence-corrected chi connectivity index (χ2v) is 14.0. The fourth-order valence-corrected chi connectivity index (χ4v) is 8.14. The summed E-state index contributed by atoms with van der Waals surface area (Å²) >= 11 is 0. The number of rotatable bonds is 4. The minimum absolute atomic E-state index is 0.0736. The SMILES string of the molecule is CC1(C)c2ccccc2-c2cc(-c3nc(-c4cccc(-c5ccccc5)c4)nc(-c4ccc5c6ccccc6c6ccccc6c5c4)n3)ccc21. The van der Waals surface area contributed by atoms with Gasteiger partial charge < -0.3 is 0 Å². The van der Waals surface area contributed by atoms with E-state index in [9.17, 15) is 0 Å². The largest absolute Gasteiger partial charge is 0.208 e. The van der Waals surface area contributed by atoms with Crippen LogP contribution in [0.15, 0.2) is 164 Å². The highest BCUT2D eigenvalue weighted by Crippen LogP contribution is 2.49. The van der Waals surface area contributed by atoms with Gasteiger partial charge in [-0.15, -0.1) is 0 Å². The topological polar surface area (TPSA) is 38.7 Å². The molecule has 0 N–H and O–H groups in total. The summed E-state index contributed by atoms with van der Waals surface area (Å²) in [5.41, 5.74) is 10.3. The highest BCUT2D eigenvalue weighted by molar-refractivity contribution is 6.25. The first-order chi connectivity index (χ1) is 25.0. The van der Waals surface area contributed by atoms with Crippen molar-refractivity contribution in [3.63, 3.8) is 0 Å². The van der Waals surface area contributed by atoms with Gasteiger partial charge in [0.15, 0.2) is 17.5 Å². The number of fused-ring (bicyclic) bond motifs is 9. The summed E-state index contributed by atoms with van der Waals surface area (Å²) in [6.07, 6.45) is 0. The number of hydrogen-bond acceptors (Lipinski definition) is 3. The second-order valence-electron chi connectivity index (χ2n) is 14.0.